The van der Waals surface area contributed by atoms with E-state index in [4.69, 9.17) is 33.3 Å². The minimum absolute atomic E-state index is 0.00579. The van der Waals surface area contributed by atoms with Crippen LogP contribution in [0.2, 0.25) is 0 Å². The average Bonchev–Trinajstić information content (AvgIpc) is 3.81. The van der Waals surface area contributed by atoms with Crippen LogP contribution in [-0.4, -0.2) is 117 Å². The highest BCUT2D eigenvalue weighted by Crippen LogP contribution is 2.50. The number of benzene rings is 3. The number of nitriles is 1. The number of methoxy groups -OCH3 is 2. The summed E-state index contributed by atoms with van der Waals surface area (Å²) in [6, 6.07) is 28.7. The Morgan fingerprint density at radius 1 is 0.852 bits per heavy atom. The number of carbonyl (C=O) groups excluding carboxylic acids is 2. The smallest absolute Gasteiger partial charge is 0.319 e. The third-order valence-corrected chi connectivity index (χ3v) is 14.5. The molecule has 0 spiro atoms. The molecule has 61 heavy (non-hydrogen) atoms. The minimum Gasteiger partial charge on any atom is -0.497 e. The van der Waals surface area contributed by atoms with Crippen LogP contribution in [0.1, 0.15) is 76.5 Å². The van der Waals surface area contributed by atoms with E-state index >= 15 is 0 Å². The molecule has 0 aliphatic carbocycles. The third kappa shape index (κ3) is 12.6. The number of nitrogens with zero attached hydrogens (tertiary/aromatic N) is 3. The lowest BCUT2D eigenvalue weighted by molar-refractivity contribution is -0.121. The van der Waals surface area contributed by atoms with E-state index in [-0.39, 0.29) is 41.4 Å². The van der Waals surface area contributed by atoms with Crippen LogP contribution in [0, 0.1) is 11.3 Å². The topological polar surface area (TPSA) is 144 Å². The molecule has 2 aliphatic rings. The van der Waals surface area contributed by atoms with E-state index in [1.54, 1.807) is 14.2 Å². The fraction of sp³-hybridized carbons (Fsp3) is 0.543. The van der Waals surface area contributed by atoms with Gasteiger partial charge in [-0.3, -0.25) is 4.79 Å². The monoisotopic (exact) mass is 877 g/mol. The highest BCUT2D eigenvalue weighted by molar-refractivity contribution is 8.00. The molecule has 2 fully saturated rings. The van der Waals surface area contributed by atoms with E-state index in [9.17, 15) is 9.59 Å². The fourth-order valence-electron chi connectivity index (χ4n) is 8.18. The number of hydrogen-bond acceptors (Lipinski definition) is 11. The molecule has 2 heterocycles. The Balaban J connectivity index is 1.06. The Hall–Kier alpha value is -3.93. The van der Waals surface area contributed by atoms with Gasteiger partial charge in [0.1, 0.15) is 17.0 Å². The third-order valence-electron chi connectivity index (χ3n) is 10.9. The zero-order valence-electron chi connectivity index (χ0n) is 36.5. The largest absolute Gasteiger partial charge is 0.497 e. The van der Waals surface area contributed by atoms with Gasteiger partial charge in [0.2, 0.25) is 5.91 Å². The number of amides is 3. The molecule has 0 bridgehead atoms. The van der Waals surface area contributed by atoms with Crippen LogP contribution < -0.4 is 20.1 Å². The van der Waals surface area contributed by atoms with Gasteiger partial charge in [-0.15, -0.1) is 0 Å². The number of urea groups is 1. The molecular weight excluding hydrogens is 814 g/mol. The summed E-state index contributed by atoms with van der Waals surface area (Å²) in [5, 5.41) is 15.5. The van der Waals surface area contributed by atoms with E-state index in [0.717, 1.165) is 53.2 Å². The van der Waals surface area contributed by atoms with Gasteiger partial charge in [0, 0.05) is 36.1 Å². The van der Waals surface area contributed by atoms with Gasteiger partial charge in [-0.1, -0.05) is 61.0 Å². The van der Waals surface area contributed by atoms with Gasteiger partial charge >= 0.3 is 6.03 Å². The molecule has 15 heteroatoms. The highest BCUT2D eigenvalue weighted by Gasteiger charge is 2.57. The molecule has 2 saturated heterocycles. The normalized spacial score (nSPS) is 18.0. The van der Waals surface area contributed by atoms with Crippen molar-refractivity contribution >= 4 is 32.2 Å². The van der Waals surface area contributed by atoms with Crippen molar-refractivity contribution in [1.82, 2.24) is 20.2 Å². The lowest BCUT2D eigenvalue weighted by atomic mass is 9.74. The maximum atomic E-state index is 14.4. The van der Waals surface area contributed by atoms with Crippen LogP contribution in [0.4, 0.5) is 4.79 Å². The van der Waals surface area contributed by atoms with Crippen molar-refractivity contribution in [3.05, 3.63) is 95.6 Å². The van der Waals surface area contributed by atoms with Gasteiger partial charge < -0.3 is 43.5 Å². The van der Waals surface area contributed by atoms with Crippen LogP contribution in [-0.2, 0) is 28.9 Å². The summed E-state index contributed by atoms with van der Waals surface area (Å²) >= 11 is 1.90. The Bertz CT molecular complexity index is 1760. The van der Waals surface area contributed by atoms with Crippen molar-refractivity contribution in [3.63, 3.8) is 0 Å². The first kappa shape index (κ1) is 48.1. The fourth-order valence-corrected chi connectivity index (χ4v) is 11.3. The molecule has 332 valence electrons. The maximum Gasteiger partial charge on any atom is 0.319 e. The van der Waals surface area contributed by atoms with Crippen LogP contribution in [0.25, 0.3) is 0 Å². The Labute approximate surface area is 368 Å². The number of nitrogens with one attached hydrogen (secondary N) is 2. The SMILES string of the molecule is COc1ccc(C(c2ccccc2)(c2ccc(OC)cc2)N2C(=O)N[C@@H]3[C@H](CCCCC(=O)NCCOCCOCCOP(OCCC#N)N(C(C)C)C(C)C)SC[C@@H]32)cc1. The highest BCUT2D eigenvalue weighted by atomic mass is 32.2. The summed E-state index contributed by atoms with van der Waals surface area (Å²) in [4.78, 5) is 29.1. The lowest BCUT2D eigenvalue weighted by Gasteiger charge is -2.45. The van der Waals surface area contributed by atoms with E-state index in [0.29, 0.717) is 59.0 Å². The molecule has 2 N–H and O–H groups in total. The maximum absolute atomic E-state index is 14.4. The van der Waals surface area contributed by atoms with Crippen molar-refractivity contribution < 1.29 is 37.6 Å². The Morgan fingerprint density at radius 2 is 1.43 bits per heavy atom. The second-order valence-electron chi connectivity index (χ2n) is 15.5. The molecule has 0 aromatic heterocycles. The summed E-state index contributed by atoms with van der Waals surface area (Å²) in [7, 11) is 2.02. The van der Waals surface area contributed by atoms with E-state index in [1.165, 1.54) is 0 Å². The molecule has 3 aromatic rings. The quantitative estimate of drug-likeness (QED) is 0.0334. The Morgan fingerprint density at radius 3 is 2.02 bits per heavy atom. The molecule has 1 unspecified atom stereocenters. The first-order chi connectivity index (χ1) is 29.6. The summed E-state index contributed by atoms with van der Waals surface area (Å²) in [6.45, 7) is 11.2. The standard InChI is InChI=1S/C46H64N5O8PS/c1-34(2)51(35(3)4)60(58-27-12-25-47)59-32-31-57-30-29-56-28-26-48-43(52)16-11-10-15-42-44-41(33-61-42)50(45(53)49-44)46(36-13-8-7-9-14-36,37-17-21-39(54-5)22-18-37)38-19-23-40(55-6)24-20-38/h7-9,13-14,17-24,34-35,41-42,44H,10-12,15-16,26-33H2,1-6H3,(H,48,52)(H,49,53)/t41-,42-,44-,60?/m0/s1. The first-order valence-electron chi connectivity index (χ1n) is 21.3. The van der Waals surface area contributed by atoms with Gasteiger partial charge in [0.25, 0.3) is 8.53 Å². The minimum atomic E-state index is -1.29. The second kappa shape index (κ2) is 24.6. The summed E-state index contributed by atoms with van der Waals surface area (Å²) in [5.74, 6) is 2.29. The van der Waals surface area contributed by atoms with Crippen molar-refractivity contribution in [3.8, 4) is 17.6 Å². The molecule has 3 amide bonds. The predicted octanol–water partition coefficient (Wildman–Crippen LogP) is 7.88. The summed E-state index contributed by atoms with van der Waals surface area (Å²) in [6.07, 6.45) is 3.29. The lowest BCUT2D eigenvalue weighted by Crippen LogP contribution is -2.53. The van der Waals surface area contributed by atoms with Crippen molar-refractivity contribution in [2.75, 3.05) is 66.2 Å². The first-order valence-corrected chi connectivity index (χ1v) is 23.5. The zero-order valence-corrected chi connectivity index (χ0v) is 38.3. The average molecular weight is 878 g/mol. The van der Waals surface area contributed by atoms with Crippen LogP contribution in [0.15, 0.2) is 78.9 Å². The van der Waals surface area contributed by atoms with Crippen molar-refractivity contribution in [2.24, 2.45) is 0 Å². The van der Waals surface area contributed by atoms with Crippen LogP contribution in [0.3, 0.4) is 0 Å². The van der Waals surface area contributed by atoms with E-state index in [1.807, 2.05) is 54.2 Å². The molecular formula is C46H64N5O8PS. The van der Waals surface area contributed by atoms with Gasteiger partial charge in [0.05, 0.1) is 78.4 Å². The van der Waals surface area contributed by atoms with Gasteiger partial charge in [0.15, 0.2) is 0 Å². The van der Waals surface area contributed by atoms with Crippen molar-refractivity contribution in [1.29, 1.82) is 5.26 Å². The molecule has 0 radical (unpaired) electrons. The molecule has 4 atom stereocenters. The molecule has 0 saturated carbocycles. The molecule has 5 rings (SSSR count). The number of carbonyl (C=O) groups is 2. The van der Waals surface area contributed by atoms with Crippen LogP contribution >= 0.6 is 20.3 Å². The molecule has 3 aromatic carbocycles. The predicted molar refractivity (Wildman–Crippen MR) is 241 cm³/mol. The van der Waals surface area contributed by atoms with Gasteiger partial charge in [-0.2, -0.15) is 17.0 Å². The number of fused-ring (bicyclic) bond motifs is 1. The van der Waals surface area contributed by atoms with Crippen LogP contribution in [0.5, 0.6) is 11.5 Å². The number of thioether (sulfide) groups is 1. The Kier molecular flexibility index (Phi) is 19.4. The van der Waals surface area contributed by atoms with Gasteiger partial charge in [-0.25, -0.2) is 9.46 Å². The zero-order chi connectivity index (χ0) is 43.6. The van der Waals surface area contributed by atoms with Gasteiger partial charge in [-0.05, 0) is 81.5 Å². The number of unbranched alkanes of at least 4 members (excludes halogenated alkanes) is 1. The number of rotatable bonds is 27. The van der Waals surface area contributed by atoms with Crippen molar-refractivity contribution in [2.45, 2.75) is 94.8 Å². The summed E-state index contributed by atoms with van der Waals surface area (Å²) < 4.78 is 36.5. The number of ether oxygens (including phenoxy) is 4. The van der Waals surface area contributed by atoms with E-state index < -0.39 is 14.1 Å². The summed E-state index contributed by atoms with van der Waals surface area (Å²) in [5.41, 5.74) is 1.99. The second-order valence-corrected chi connectivity index (χ2v) is 18.2. The number of hydrogen-bond donors (Lipinski definition) is 2. The molecule has 2 aliphatic heterocycles. The molecule has 13 nitrogen and oxygen atoms in total. The van der Waals surface area contributed by atoms with E-state index in [2.05, 4.69) is 90.4 Å².